The number of carboxylic acid groups (broad SMARTS) is 4. The molecule has 2 aromatic carbocycles. The Balaban J connectivity index is 1.75. The molecule has 1 aromatic heterocycles. The van der Waals surface area contributed by atoms with Crippen molar-refractivity contribution in [1.82, 2.24) is 19.3 Å². The molecule has 3 aromatic rings. The summed E-state index contributed by atoms with van der Waals surface area (Å²) in [5, 5.41) is 38.6. The predicted molar refractivity (Wildman–Crippen MR) is 140 cm³/mol. The fourth-order valence-corrected chi connectivity index (χ4v) is 4.48. The monoisotopic (exact) mass is 542 g/mol. The van der Waals surface area contributed by atoms with Crippen LogP contribution in [-0.4, -0.2) is 128 Å². The molecular formula is C26H30N4O9. The van der Waals surface area contributed by atoms with Crippen molar-refractivity contribution >= 4 is 51.6 Å². The van der Waals surface area contributed by atoms with Crippen LogP contribution in [0.5, 0.6) is 0 Å². The molecule has 13 heteroatoms. The fraction of sp³-hybridized carbons (Fsp3) is 0.346. The number of nitrogens with zero attached hydrogens (tertiary/aromatic N) is 4. The molecular weight excluding hydrogens is 512 g/mol. The first-order chi connectivity index (χ1) is 18.5. The number of fused-ring (bicyclic) bond motifs is 3. The smallest absolute Gasteiger partial charge is 0.317 e. The van der Waals surface area contributed by atoms with Crippen LogP contribution in [0.15, 0.2) is 48.5 Å². The van der Waals surface area contributed by atoms with E-state index in [1.165, 1.54) is 9.80 Å². The Labute approximate surface area is 223 Å². The number of rotatable bonds is 16. The zero-order valence-corrected chi connectivity index (χ0v) is 21.1. The average Bonchev–Trinajstić information content (AvgIpc) is 3.18. The van der Waals surface area contributed by atoms with Gasteiger partial charge in [0.25, 0.3) is 0 Å². The maximum atomic E-state index is 13.5. The second-order valence-electron chi connectivity index (χ2n) is 9.04. The number of benzene rings is 2. The van der Waals surface area contributed by atoms with Crippen molar-refractivity contribution < 1.29 is 44.4 Å². The summed E-state index contributed by atoms with van der Waals surface area (Å²) in [6.07, 6.45) is 0. The Kier molecular flexibility index (Phi) is 10.1. The summed E-state index contributed by atoms with van der Waals surface area (Å²) >= 11 is 0. The SMILES string of the molecule is O=C(O)CN(CCN(CC(=O)O)CC(=O)O)CCN(CC(=O)O)CC(=O)n1c2ccccc2c2ccccc21. The molecule has 0 saturated carbocycles. The maximum Gasteiger partial charge on any atom is 0.317 e. The predicted octanol–water partition coefficient (Wildman–Crippen LogP) is 0.679. The molecule has 0 aliphatic rings. The van der Waals surface area contributed by atoms with Crippen molar-refractivity contribution in [3.63, 3.8) is 0 Å². The molecule has 0 radical (unpaired) electrons. The first-order valence-electron chi connectivity index (χ1n) is 12.1. The van der Waals surface area contributed by atoms with Crippen molar-refractivity contribution in [3.05, 3.63) is 48.5 Å². The summed E-state index contributed by atoms with van der Waals surface area (Å²) in [7, 11) is 0. The van der Waals surface area contributed by atoms with E-state index in [0.29, 0.717) is 11.0 Å². The van der Waals surface area contributed by atoms with Crippen LogP contribution in [0.4, 0.5) is 0 Å². The minimum absolute atomic E-state index is 0.0224. The molecule has 208 valence electrons. The molecule has 0 aliphatic heterocycles. The van der Waals surface area contributed by atoms with Crippen LogP contribution in [0, 0.1) is 0 Å². The Morgan fingerprint density at radius 2 is 0.846 bits per heavy atom. The summed E-state index contributed by atoms with van der Waals surface area (Å²) in [5.74, 6) is -5.13. The van der Waals surface area contributed by atoms with E-state index in [1.807, 2.05) is 48.5 Å². The molecule has 0 spiro atoms. The van der Waals surface area contributed by atoms with Crippen molar-refractivity contribution in [3.8, 4) is 0 Å². The standard InChI is InChI=1S/C26H30N4O9/c31-22(30-20-7-3-1-5-18(20)19-6-2-4-8-21(19)30)13-28(15-24(34)35)11-9-27(14-23(32)33)10-12-29(16-25(36)37)17-26(38)39/h1-8H,9-17H2,(H,32,33)(H,34,35)(H,36,37)(H,38,39). The van der Waals surface area contributed by atoms with Gasteiger partial charge in [0.1, 0.15) is 0 Å². The van der Waals surface area contributed by atoms with Crippen LogP contribution in [0.3, 0.4) is 0 Å². The van der Waals surface area contributed by atoms with Gasteiger partial charge in [0.05, 0.1) is 43.8 Å². The van der Waals surface area contributed by atoms with E-state index in [9.17, 15) is 34.2 Å². The van der Waals surface area contributed by atoms with E-state index < -0.39 is 50.1 Å². The van der Waals surface area contributed by atoms with Crippen molar-refractivity contribution in [2.24, 2.45) is 0 Å². The molecule has 39 heavy (non-hydrogen) atoms. The number of carbonyl (C=O) groups is 5. The van der Waals surface area contributed by atoms with Gasteiger partial charge in [0, 0.05) is 37.0 Å². The van der Waals surface area contributed by atoms with Crippen LogP contribution in [0.25, 0.3) is 21.8 Å². The fourth-order valence-electron chi connectivity index (χ4n) is 4.48. The van der Waals surface area contributed by atoms with E-state index in [0.717, 1.165) is 15.7 Å². The normalized spacial score (nSPS) is 11.6. The second kappa shape index (κ2) is 13.5. The third-order valence-electron chi connectivity index (χ3n) is 6.09. The lowest BCUT2D eigenvalue weighted by Gasteiger charge is -2.27. The molecule has 3 rings (SSSR count). The van der Waals surface area contributed by atoms with Gasteiger partial charge in [-0.25, -0.2) is 0 Å². The van der Waals surface area contributed by atoms with Gasteiger partial charge in [-0.1, -0.05) is 36.4 Å². The van der Waals surface area contributed by atoms with Gasteiger partial charge >= 0.3 is 23.9 Å². The topological polar surface area (TPSA) is 181 Å². The van der Waals surface area contributed by atoms with Crippen molar-refractivity contribution in [2.45, 2.75) is 0 Å². The second-order valence-corrected chi connectivity index (χ2v) is 9.04. The largest absolute Gasteiger partial charge is 0.480 e. The molecule has 1 heterocycles. The van der Waals surface area contributed by atoms with Crippen LogP contribution >= 0.6 is 0 Å². The first kappa shape index (κ1) is 29.2. The summed E-state index contributed by atoms with van der Waals surface area (Å²) < 4.78 is 1.55. The minimum atomic E-state index is -1.22. The lowest BCUT2D eigenvalue weighted by molar-refractivity contribution is -0.143. The zero-order chi connectivity index (χ0) is 28.5. The third kappa shape index (κ3) is 8.33. The van der Waals surface area contributed by atoms with Gasteiger partial charge in [-0.3, -0.25) is 43.2 Å². The first-order valence-corrected chi connectivity index (χ1v) is 12.1. The third-order valence-corrected chi connectivity index (χ3v) is 6.09. The Morgan fingerprint density at radius 1 is 0.513 bits per heavy atom. The number of aromatic nitrogens is 1. The number of para-hydroxylation sites is 2. The maximum absolute atomic E-state index is 13.5. The summed E-state index contributed by atoms with van der Waals surface area (Å²) in [6, 6.07) is 14.8. The van der Waals surface area contributed by atoms with Gasteiger partial charge in [-0.05, 0) is 12.1 Å². The Hall–Kier alpha value is -4.33. The highest BCUT2D eigenvalue weighted by atomic mass is 16.4. The average molecular weight is 543 g/mol. The van der Waals surface area contributed by atoms with E-state index in [1.54, 1.807) is 4.57 Å². The number of aliphatic carboxylic acids is 4. The molecule has 13 nitrogen and oxygen atoms in total. The van der Waals surface area contributed by atoms with Crippen LogP contribution in [-0.2, 0) is 19.2 Å². The summed E-state index contributed by atoms with van der Waals surface area (Å²) in [6.45, 7) is -2.16. The van der Waals surface area contributed by atoms with E-state index >= 15 is 0 Å². The van der Waals surface area contributed by atoms with Crippen LogP contribution < -0.4 is 0 Å². The quantitative estimate of drug-likeness (QED) is 0.199. The molecule has 0 bridgehead atoms. The highest BCUT2D eigenvalue weighted by molar-refractivity contribution is 6.13. The molecule has 0 aliphatic carbocycles. The Bertz CT molecular complexity index is 1300. The number of carbonyl (C=O) groups excluding carboxylic acids is 1. The van der Waals surface area contributed by atoms with Crippen molar-refractivity contribution in [2.75, 3.05) is 58.9 Å². The molecule has 0 saturated heterocycles. The zero-order valence-electron chi connectivity index (χ0n) is 21.1. The molecule has 0 unspecified atom stereocenters. The molecule has 0 fully saturated rings. The Morgan fingerprint density at radius 3 is 1.26 bits per heavy atom. The number of carboxylic acids is 4. The highest BCUT2D eigenvalue weighted by Crippen LogP contribution is 2.28. The number of hydrogen-bond donors (Lipinski definition) is 4. The lowest BCUT2D eigenvalue weighted by Crippen LogP contribution is -2.45. The van der Waals surface area contributed by atoms with Gasteiger partial charge in [-0.15, -0.1) is 0 Å². The van der Waals surface area contributed by atoms with E-state index in [2.05, 4.69) is 0 Å². The van der Waals surface area contributed by atoms with Crippen LogP contribution in [0.2, 0.25) is 0 Å². The van der Waals surface area contributed by atoms with E-state index in [4.69, 9.17) is 10.2 Å². The molecule has 4 N–H and O–H groups in total. The van der Waals surface area contributed by atoms with Gasteiger partial charge in [0.15, 0.2) is 0 Å². The molecule has 0 atom stereocenters. The van der Waals surface area contributed by atoms with Gasteiger partial charge in [0.2, 0.25) is 5.91 Å². The minimum Gasteiger partial charge on any atom is -0.480 e. The van der Waals surface area contributed by atoms with Crippen molar-refractivity contribution in [1.29, 1.82) is 0 Å². The highest BCUT2D eigenvalue weighted by Gasteiger charge is 2.22. The van der Waals surface area contributed by atoms with Crippen LogP contribution in [0.1, 0.15) is 4.79 Å². The van der Waals surface area contributed by atoms with Gasteiger partial charge in [-0.2, -0.15) is 0 Å². The molecule has 0 amide bonds. The van der Waals surface area contributed by atoms with Gasteiger partial charge < -0.3 is 20.4 Å². The summed E-state index contributed by atoms with van der Waals surface area (Å²) in [5.41, 5.74) is 1.37. The number of hydrogen-bond acceptors (Lipinski definition) is 8. The lowest BCUT2D eigenvalue weighted by atomic mass is 10.2. The summed E-state index contributed by atoms with van der Waals surface area (Å²) in [4.78, 5) is 62.5. The van der Waals surface area contributed by atoms with E-state index in [-0.39, 0.29) is 38.6 Å².